The minimum Gasteiger partial charge on any atom is -0.371 e. The molecule has 1 aromatic carbocycles. The predicted octanol–water partition coefficient (Wildman–Crippen LogP) is 3.87. The lowest BCUT2D eigenvalue weighted by Gasteiger charge is -2.34. The highest BCUT2D eigenvalue weighted by Crippen LogP contribution is 2.19. The monoisotopic (exact) mass is 444 g/mol. The van der Waals surface area contributed by atoms with Gasteiger partial charge in [-0.25, -0.2) is 0 Å². The summed E-state index contributed by atoms with van der Waals surface area (Å²) in [6.07, 6.45) is 4.74. The van der Waals surface area contributed by atoms with Gasteiger partial charge in [-0.3, -0.25) is 4.99 Å². The highest BCUT2D eigenvalue weighted by molar-refractivity contribution is 14.0. The smallest absolute Gasteiger partial charge is 0.191 e. The van der Waals surface area contributed by atoms with Crippen LogP contribution in [0.1, 0.15) is 39.5 Å². The fraction of sp³-hybridized carbons (Fsp3) is 0.632. The van der Waals surface area contributed by atoms with Crippen molar-refractivity contribution in [1.29, 1.82) is 0 Å². The zero-order valence-electron chi connectivity index (χ0n) is 15.3. The van der Waals surface area contributed by atoms with Gasteiger partial charge in [0, 0.05) is 38.4 Å². The van der Waals surface area contributed by atoms with Crippen LogP contribution in [0.5, 0.6) is 0 Å². The normalized spacial score (nSPS) is 16.0. The van der Waals surface area contributed by atoms with E-state index in [9.17, 15) is 0 Å². The zero-order chi connectivity index (χ0) is 16.5. The number of para-hydroxylation sites is 1. The maximum absolute atomic E-state index is 4.38. The van der Waals surface area contributed by atoms with Crippen LogP contribution in [0.4, 0.5) is 5.69 Å². The van der Waals surface area contributed by atoms with Crippen molar-refractivity contribution in [2.75, 3.05) is 31.6 Å². The lowest BCUT2D eigenvalue weighted by molar-refractivity contribution is 0.449. The maximum Gasteiger partial charge on any atom is 0.191 e. The topological polar surface area (TPSA) is 39.7 Å². The van der Waals surface area contributed by atoms with Crippen molar-refractivity contribution >= 4 is 35.6 Å². The molecular formula is C19H33IN4. The zero-order valence-corrected chi connectivity index (χ0v) is 17.6. The van der Waals surface area contributed by atoms with E-state index < -0.39 is 0 Å². The third kappa shape index (κ3) is 6.49. The Morgan fingerprint density at radius 1 is 1.17 bits per heavy atom. The Morgan fingerprint density at radius 3 is 2.33 bits per heavy atom. The van der Waals surface area contributed by atoms with E-state index in [2.05, 4.69) is 64.7 Å². The number of hydrogen-bond donors (Lipinski definition) is 2. The largest absolute Gasteiger partial charge is 0.371 e. The summed E-state index contributed by atoms with van der Waals surface area (Å²) in [6.45, 7) is 7.72. The van der Waals surface area contributed by atoms with Gasteiger partial charge >= 0.3 is 0 Å². The van der Waals surface area contributed by atoms with Crippen molar-refractivity contribution < 1.29 is 0 Å². The average Bonchev–Trinajstić information content (AvgIpc) is 2.62. The van der Waals surface area contributed by atoms with Crippen molar-refractivity contribution in [3.63, 3.8) is 0 Å². The molecule has 0 aromatic heterocycles. The number of hydrogen-bond acceptors (Lipinski definition) is 2. The molecule has 1 saturated heterocycles. The predicted molar refractivity (Wildman–Crippen MR) is 116 cm³/mol. The van der Waals surface area contributed by atoms with Crippen LogP contribution in [0.3, 0.4) is 0 Å². The Labute approximate surface area is 164 Å². The van der Waals surface area contributed by atoms with Crippen LogP contribution < -0.4 is 15.5 Å². The third-order valence-corrected chi connectivity index (χ3v) is 4.89. The van der Waals surface area contributed by atoms with E-state index in [1.807, 2.05) is 7.05 Å². The maximum atomic E-state index is 4.38. The van der Waals surface area contributed by atoms with Crippen LogP contribution >= 0.6 is 24.0 Å². The number of benzene rings is 1. The molecule has 2 rings (SSSR count). The number of aliphatic imine (C=N–C) groups is 1. The molecule has 0 saturated carbocycles. The summed E-state index contributed by atoms with van der Waals surface area (Å²) >= 11 is 0. The van der Waals surface area contributed by atoms with E-state index in [1.165, 1.54) is 18.5 Å². The third-order valence-electron chi connectivity index (χ3n) is 4.89. The standard InChI is InChI=1S/C19H32N4.HI/c1-4-16(5-2)15-21-19(20-3)22-17-11-13-23(14-12-17)18-9-7-6-8-10-18;/h6-10,16-17H,4-5,11-15H2,1-3H3,(H2,20,21,22);1H. The van der Waals surface area contributed by atoms with E-state index in [0.717, 1.165) is 44.4 Å². The van der Waals surface area contributed by atoms with E-state index in [-0.39, 0.29) is 24.0 Å². The molecule has 0 radical (unpaired) electrons. The quantitative estimate of drug-likeness (QED) is 0.398. The molecule has 1 heterocycles. The molecule has 136 valence electrons. The number of nitrogens with zero attached hydrogens (tertiary/aromatic N) is 2. The lowest BCUT2D eigenvalue weighted by Crippen LogP contribution is -2.49. The highest BCUT2D eigenvalue weighted by atomic mass is 127. The number of rotatable bonds is 6. The molecule has 0 spiro atoms. The van der Waals surface area contributed by atoms with Crippen molar-refractivity contribution in [1.82, 2.24) is 10.6 Å². The molecule has 1 aromatic rings. The van der Waals surface area contributed by atoms with E-state index in [1.54, 1.807) is 0 Å². The van der Waals surface area contributed by atoms with E-state index >= 15 is 0 Å². The van der Waals surface area contributed by atoms with Crippen molar-refractivity contribution in [3.8, 4) is 0 Å². The first-order valence-electron chi connectivity index (χ1n) is 9.04. The first-order valence-corrected chi connectivity index (χ1v) is 9.04. The Balaban J connectivity index is 0.00000288. The number of piperidine rings is 1. The highest BCUT2D eigenvalue weighted by Gasteiger charge is 2.20. The molecule has 0 aliphatic carbocycles. The summed E-state index contributed by atoms with van der Waals surface area (Å²) < 4.78 is 0. The van der Waals surface area contributed by atoms with Crippen LogP contribution in [0.2, 0.25) is 0 Å². The van der Waals surface area contributed by atoms with E-state index in [0.29, 0.717) is 6.04 Å². The number of halogens is 1. The van der Waals surface area contributed by atoms with Gasteiger partial charge in [0.05, 0.1) is 0 Å². The Kier molecular flexibility index (Phi) is 10.1. The van der Waals surface area contributed by atoms with Crippen LogP contribution in [0.15, 0.2) is 35.3 Å². The summed E-state index contributed by atoms with van der Waals surface area (Å²) in [7, 11) is 1.86. The van der Waals surface area contributed by atoms with Gasteiger partial charge in [0.1, 0.15) is 0 Å². The second-order valence-corrected chi connectivity index (χ2v) is 6.38. The number of anilines is 1. The van der Waals surface area contributed by atoms with Gasteiger partial charge in [-0.05, 0) is 30.9 Å². The van der Waals surface area contributed by atoms with Gasteiger partial charge in [-0.15, -0.1) is 24.0 Å². The minimum atomic E-state index is 0. The molecule has 0 atom stereocenters. The van der Waals surface area contributed by atoms with Gasteiger partial charge in [0.15, 0.2) is 5.96 Å². The van der Waals surface area contributed by atoms with E-state index in [4.69, 9.17) is 0 Å². The minimum absolute atomic E-state index is 0. The molecule has 4 nitrogen and oxygen atoms in total. The van der Waals surface area contributed by atoms with Gasteiger partial charge in [-0.2, -0.15) is 0 Å². The van der Waals surface area contributed by atoms with Gasteiger partial charge in [0.25, 0.3) is 0 Å². The Morgan fingerprint density at radius 2 is 1.79 bits per heavy atom. The molecule has 2 N–H and O–H groups in total. The number of guanidine groups is 1. The van der Waals surface area contributed by atoms with Gasteiger partial charge < -0.3 is 15.5 Å². The molecule has 0 amide bonds. The Bertz CT molecular complexity index is 466. The number of nitrogens with one attached hydrogen (secondary N) is 2. The SMILES string of the molecule is CCC(CC)CNC(=NC)NC1CCN(c2ccccc2)CC1.I. The molecule has 24 heavy (non-hydrogen) atoms. The molecule has 1 fully saturated rings. The second kappa shape index (κ2) is 11.6. The second-order valence-electron chi connectivity index (χ2n) is 6.38. The average molecular weight is 444 g/mol. The van der Waals surface area contributed by atoms with Crippen LogP contribution in [-0.4, -0.2) is 38.7 Å². The van der Waals surface area contributed by atoms with Crippen LogP contribution in [-0.2, 0) is 0 Å². The van der Waals surface area contributed by atoms with Crippen LogP contribution in [0.25, 0.3) is 0 Å². The van der Waals surface area contributed by atoms with Crippen LogP contribution in [0, 0.1) is 5.92 Å². The molecule has 1 aliphatic rings. The summed E-state index contributed by atoms with van der Waals surface area (Å²) in [4.78, 5) is 6.85. The lowest BCUT2D eigenvalue weighted by atomic mass is 10.0. The summed E-state index contributed by atoms with van der Waals surface area (Å²) in [6, 6.07) is 11.2. The molecule has 5 heteroatoms. The van der Waals surface area contributed by atoms with Crippen molar-refractivity contribution in [2.45, 2.75) is 45.6 Å². The fourth-order valence-corrected chi connectivity index (χ4v) is 3.13. The molecule has 0 bridgehead atoms. The van der Waals surface area contributed by atoms with Gasteiger partial charge in [0.2, 0.25) is 0 Å². The summed E-state index contributed by atoms with van der Waals surface area (Å²) in [5.74, 6) is 1.68. The molecule has 0 unspecified atom stereocenters. The Hall–Kier alpha value is -0.980. The summed E-state index contributed by atoms with van der Waals surface area (Å²) in [5.41, 5.74) is 1.34. The summed E-state index contributed by atoms with van der Waals surface area (Å²) in [5, 5.41) is 7.08. The van der Waals surface area contributed by atoms with Gasteiger partial charge in [-0.1, -0.05) is 44.9 Å². The first-order chi connectivity index (χ1) is 11.3. The molecule has 1 aliphatic heterocycles. The fourth-order valence-electron chi connectivity index (χ4n) is 3.13. The first kappa shape index (κ1) is 21.1. The van der Waals surface area contributed by atoms with Crippen molar-refractivity contribution in [3.05, 3.63) is 30.3 Å². The van der Waals surface area contributed by atoms with Crippen molar-refractivity contribution in [2.24, 2.45) is 10.9 Å². The molecular weight excluding hydrogens is 411 g/mol.